The summed E-state index contributed by atoms with van der Waals surface area (Å²) >= 11 is 6.12. The van der Waals surface area contributed by atoms with Gasteiger partial charge in [0, 0.05) is 0 Å². The molecule has 0 spiro atoms. The van der Waals surface area contributed by atoms with Gasteiger partial charge in [0.15, 0.2) is 0 Å². The average Bonchev–Trinajstić information content (AvgIpc) is 1.99. The first-order valence-corrected chi connectivity index (χ1v) is 4.25. The molecule has 0 aliphatic rings. The number of nitrogens with zero attached hydrogens (tertiary/aromatic N) is 1. The molecule has 1 aromatic rings. The van der Waals surface area contributed by atoms with Gasteiger partial charge in [0.05, 0.1) is 8.95 Å². The number of rotatable bonds is 1. The second-order valence-corrected chi connectivity index (χ2v) is 3.56. The Morgan fingerprint density at radius 2 is 1.73 bits per heavy atom. The van der Waals surface area contributed by atoms with E-state index in [0.29, 0.717) is 8.95 Å². The molecule has 1 N–H and O–H groups in total. The van der Waals surface area contributed by atoms with Gasteiger partial charge in [-0.15, -0.1) is 4.91 Å². The molecule has 3 nitrogen and oxygen atoms in total. The summed E-state index contributed by atoms with van der Waals surface area (Å²) in [5.41, 5.74) is 0.265. The van der Waals surface area contributed by atoms with Crippen molar-refractivity contribution in [3.8, 4) is 5.75 Å². The lowest BCUT2D eigenvalue weighted by molar-refractivity contribution is 0.468. The van der Waals surface area contributed by atoms with E-state index in [2.05, 4.69) is 37.0 Å². The van der Waals surface area contributed by atoms with Gasteiger partial charge in [-0.25, -0.2) is 0 Å². The fourth-order valence-corrected chi connectivity index (χ4v) is 1.77. The monoisotopic (exact) mass is 279 g/mol. The predicted molar refractivity (Wildman–Crippen MR) is 49.0 cm³/mol. The second-order valence-electron chi connectivity index (χ2n) is 1.85. The van der Waals surface area contributed by atoms with Gasteiger partial charge in [0.25, 0.3) is 0 Å². The lowest BCUT2D eigenvalue weighted by Gasteiger charge is -1.98. The summed E-state index contributed by atoms with van der Waals surface area (Å²) in [6.07, 6.45) is 0. The zero-order chi connectivity index (χ0) is 8.43. The number of benzene rings is 1. The lowest BCUT2D eigenvalue weighted by Crippen LogP contribution is -1.71. The summed E-state index contributed by atoms with van der Waals surface area (Å²) in [5.74, 6) is 0.0670. The topological polar surface area (TPSA) is 49.7 Å². The van der Waals surface area contributed by atoms with Crippen molar-refractivity contribution in [2.24, 2.45) is 5.18 Å². The third-order valence-electron chi connectivity index (χ3n) is 1.11. The lowest BCUT2D eigenvalue weighted by atomic mass is 10.3. The van der Waals surface area contributed by atoms with Crippen molar-refractivity contribution in [3.63, 3.8) is 0 Å². The Labute approximate surface area is 79.7 Å². The van der Waals surface area contributed by atoms with Crippen molar-refractivity contribution in [1.82, 2.24) is 0 Å². The summed E-state index contributed by atoms with van der Waals surface area (Å²) < 4.78 is 0.892. The smallest absolute Gasteiger partial charge is 0.144 e. The minimum atomic E-state index is 0.0670. The Morgan fingerprint density at radius 3 is 2.09 bits per heavy atom. The van der Waals surface area contributed by atoms with Crippen LogP contribution >= 0.6 is 31.9 Å². The normalized spacial score (nSPS) is 9.64. The number of hydrogen-bond donors (Lipinski definition) is 1. The molecule has 0 radical (unpaired) electrons. The zero-order valence-electron chi connectivity index (χ0n) is 5.21. The van der Waals surface area contributed by atoms with Crippen LogP contribution in [0.2, 0.25) is 0 Å². The highest BCUT2D eigenvalue weighted by Crippen LogP contribution is 2.35. The van der Waals surface area contributed by atoms with Crippen molar-refractivity contribution in [2.45, 2.75) is 0 Å². The van der Waals surface area contributed by atoms with Crippen molar-refractivity contribution in [1.29, 1.82) is 0 Å². The van der Waals surface area contributed by atoms with Crippen LogP contribution in [0.5, 0.6) is 5.75 Å². The largest absolute Gasteiger partial charge is 0.506 e. The standard InChI is InChI=1S/C6H3Br2NO2/c7-4-1-3(9-11)2-5(8)6(4)10/h1-2,10H. The first kappa shape index (κ1) is 8.67. The number of phenolic OH excluding ortho intramolecular Hbond substituents is 1. The molecule has 0 fully saturated rings. The molecule has 0 aliphatic heterocycles. The summed E-state index contributed by atoms with van der Waals surface area (Å²) in [5, 5.41) is 11.9. The zero-order valence-corrected chi connectivity index (χ0v) is 8.39. The fraction of sp³-hybridized carbons (Fsp3) is 0. The first-order valence-electron chi connectivity index (χ1n) is 2.66. The van der Waals surface area contributed by atoms with E-state index >= 15 is 0 Å². The molecule has 0 saturated heterocycles. The van der Waals surface area contributed by atoms with Gasteiger partial charge in [0.2, 0.25) is 0 Å². The Kier molecular flexibility index (Phi) is 2.62. The van der Waals surface area contributed by atoms with Crippen molar-refractivity contribution in [3.05, 3.63) is 26.0 Å². The number of hydrogen-bond acceptors (Lipinski definition) is 3. The van der Waals surface area contributed by atoms with Crippen molar-refractivity contribution in [2.75, 3.05) is 0 Å². The number of nitroso groups, excluding NO2 is 1. The van der Waals surface area contributed by atoms with Crippen LogP contribution in [0.25, 0.3) is 0 Å². The molecule has 5 heteroatoms. The maximum atomic E-state index is 10.0. The van der Waals surface area contributed by atoms with Crippen LogP contribution < -0.4 is 0 Å². The Bertz CT molecular complexity index is 278. The van der Waals surface area contributed by atoms with Crippen molar-refractivity contribution >= 4 is 37.5 Å². The van der Waals surface area contributed by atoms with E-state index in [1.165, 1.54) is 12.1 Å². The summed E-state index contributed by atoms with van der Waals surface area (Å²) in [6, 6.07) is 2.88. The molecule has 0 saturated carbocycles. The van der Waals surface area contributed by atoms with E-state index in [4.69, 9.17) is 0 Å². The number of halogens is 2. The van der Waals surface area contributed by atoms with Gasteiger partial charge >= 0.3 is 0 Å². The van der Waals surface area contributed by atoms with E-state index in [1.807, 2.05) is 0 Å². The highest BCUT2D eigenvalue weighted by molar-refractivity contribution is 9.11. The van der Waals surface area contributed by atoms with E-state index < -0.39 is 0 Å². The van der Waals surface area contributed by atoms with Gasteiger partial charge in [-0.05, 0) is 49.2 Å². The molecule has 0 atom stereocenters. The SMILES string of the molecule is O=Nc1cc(Br)c(O)c(Br)c1. The molecular formula is C6H3Br2NO2. The second kappa shape index (κ2) is 3.32. The Hall–Kier alpha value is -0.420. The molecule has 0 amide bonds. The van der Waals surface area contributed by atoms with E-state index in [0.717, 1.165) is 0 Å². The van der Waals surface area contributed by atoms with Crippen LogP contribution in [0.4, 0.5) is 5.69 Å². The molecule has 0 aliphatic carbocycles. The van der Waals surface area contributed by atoms with Gasteiger partial charge < -0.3 is 5.11 Å². The first-order chi connectivity index (χ1) is 5.15. The molecule has 0 unspecified atom stereocenters. The maximum Gasteiger partial charge on any atom is 0.144 e. The molecule has 0 bridgehead atoms. The maximum absolute atomic E-state index is 10.0. The van der Waals surface area contributed by atoms with Crippen LogP contribution in [0, 0.1) is 4.91 Å². The van der Waals surface area contributed by atoms with Gasteiger partial charge in [-0.3, -0.25) is 0 Å². The summed E-state index contributed by atoms with van der Waals surface area (Å²) in [7, 11) is 0. The van der Waals surface area contributed by atoms with Crippen LogP contribution in [0.3, 0.4) is 0 Å². The number of aromatic hydroxyl groups is 1. The highest BCUT2D eigenvalue weighted by atomic mass is 79.9. The van der Waals surface area contributed by atoms with Crippen LogP contribution in [0.1, 0.15) is 0 Å². The summed E-state index contributed by atoms with van der Waals surface area (Å²) in [4.78, 5) is 10.0. The molecule has 1 aromatic carbocycles. The molecule has 11 heavy (non-hydrogen) atoms. The predicted octanol–water partition coefficient (Wildman–Crippen LogP) is 3.32. The van der Waals surface area contributed by atoms with E-state index in [9.17, 15) is 10.0 Å². The van der Waals surface area contributed by atoms with Crippen LogP contribution in [-0.2, 0) is 0 Å². The van der Waals surface area contributed by atoms with Crippen LogP contribution in [0.15, 0.2) is 26.3 Å². The fourth-order valence-electron chi connectivity index (χ4n) is 0.605. The molecule has 0 heterocycles. The van der Waals surface area contributed by atoms with Gasteiger partial charge in [0.1, 0.15) is 11.4 Å². The minimum absolute atomic E-state index is 0.0670. The Balaban J connectivity index is 3.31. The Morgan fingerprint density at radius 1 is 1.27 bits per heavy atom. The van der Waals surface area contributed by atoms with Crippen LogP contribution in [-0.4, -0.2) is 5.11 Å². The van der Waals surface area contributed by atoms with Crippen molar-refractivity contribution < 1.29 is 5.11 Å². The van der Waals surface area contributed by atoms with Gasteiger partial charge in [-0.1, -0.05) is 0 Å². The minimum Gasteiger partial charge on any atom is -0.506 e. The van der Waals surface area contributed by atoms with E-state index in [1.54, 1.807) is 0 Å². The quantitative estimate of drug-likeness (QED) is 0.803. The average molecular weight is 281 g/mol. The molecular weight excluding hydrogens is 278 g/mol. The molecule has 0 aromatic heterocycles. The van der Waals surface area contributed by atoms with E-state index in [-0.39, 0.29) is 11.4 Å². The molecule has 1 rings (SSSR count). The third-order valence-corrected chi connectivity index (χ3v) is 2.32. The highest BCUT2D eigenvalue weighted by Gasteiger charge is 2.05. The molecule has 58 valence electrons. The number of phenols is 1. The summed E-state index contributed by atoms with van der Waals surface area (Å²) in [6.45, 7) is 0. The third kappa shape index (κ3) is 1.78. The van der Waals surface area contributed by atoms with Gasteiger partial charge in [-0.2, -0.15) is 0 Å².